The molecule has 26 heavy (non-hydrogen) atoms. The van der Waals surface area contributed by atoms with E-state index in [-0.39, 0.29) is 22.7 Å². The number of amides is 2. The van der Waals surface area contributed by atoms with E-state index in [1.807, 2.05) is 42.5 Å². The largest absolute Gasteiger partial charge is 0.324 e. The van der Waals surface area contributed by atoms with E-state index in [0.717, 1.165) is 24.1 Å². The molecular weight excluding hydrogens is 344 g/mol. The van der Waals surface area contributed by atoms with E-state index in [0.29, 0.717) is 12.2 Å². The molecule has 5 heteroatoms. The maximum atomic E-state index is 12.9. The number of hydrogen-bond donors (Lipinski definition) is 1. The Hall–Kier alpha value is -2.27. The van der Waals surface area contributed by atoms with Gasteiger partial charge in [0.15, 0.2) is 0 Å². The molecule has 2 aromatic carbocycles. The molecule has 0 bridgehead atoms. The third kappa shape index (κ3) is 3.12. The van der Waals surface area contributed by atoms with Crippen molar-refractivity contribution in [3.63, 3.8) is 0 Å². The second-order valence-corrected chi connectivity index (χ2v) is 8.58. The zero-order chi connectivity index (χ0) is 18.1. The van der Waals surface area contributed by atoms with E-state index in [2.05, 4.69) is 24.4 Å². The lowest BCUT2D eigenvalue weighted by atomic mass is 10.0. The van der Waals surface area contributed by atoms with E-state index in [9.17, 15) is 9.59 Å². The number of benzene rings is 2. The van der Waals surface area contributed by atoms with Crippen LogP contribution in [-0.4, -0.2) is 33.4 Å². The van der Waals surface area contributed by atoms with Gasteiger partial charge in [0.1, 0.15) is 6.04 Å². The summed E-state index contributed by atoms with van der Waals surface area (Å²) >= 11 is 1.72. The molecule has 2 amide bonds. The predicted octanol–water partition coefficient (Wildman–Crippen LogP) is 3.67. The van der Waals surface area contributed by atoms with Gasteiger partial charge >= 0.3 is 0 Å². The molecule has 2 atom stereocenters. The predicted molar refractivity (Wildman–Crippen MR) is 105 cm³/mol. The molecule has 2 fully saturated rings. The van der Waals surface area contributed by atoms with Gasteiger partial charge in [0, 0.05) is 17.9 Å². The van der Waals surface area contributed by atoms with Crippen LogP contribution in [0.3, 0.4) is 0 Å². The molecule has 2 saturated heterocycles. The molecule has 4 nitrogen and oxygen atoms in total. The summed E-state index contributed by atoms with van der Waals surface area (Å²) in [6, 6.07) is 17.7. The lowest BCUT2D eigenvalue weighted by Gasteiger charge is -2.30. The van der Waals surface area contributed by atoms with Crippen molar-refractivity contribution in [3.8, 4) is 0 Å². The molecule has 1 N–H and O–H groups in total. The number of carbonyl (C=O) groups is 2. The monoisotopic (exact) mass is 366 g/mol. The highest BCUT2D eigenvalue weighted by Crippen LogP contribution is 2.47. The summed E-state index contributed by atoms with van der Waals surface area (Å²) in [6.07, 6.45) is 2.12. The highest BCUT2D eigenvalue weighted by atomic mass is 32.2. The van der Waals surface area contributed by atoms with Gasteiger partial charge in [-0.15, -0.1) is 11.8 Å². The van der Waals surface area contributed by atoms with Crippen LogP contribution in [0, 0.1) is 0 Å². The van der Waals surface area contributed by atoms with Crippen molar-refractivity contribution in [1.29, 1.82) is 0 Å². The van der Waals surface area contributed by atoms with Crippen molar-refractivity contribution in [1.82, 2.24) is 4.90 Å². The fourth-order valence-corrected chi connectivity index (χ4v) is 5.27. The molecule has 2 aromatic rings. The number of nitrogens with zero attached hydrogens (tertiary/aromatic N) is 1. The molecule has 134 valence electrons. The Bertz CT molecular complexity index is 839. The number of hydrogen-bond acceptors (Lipinski definition) is 3. The third-order valence-corrected chi connectivity index (χ3v) is 6.77. The summed E-state index contributed by atoms with van der Waals surface area (Å²) in [4.78, 5) is 26.8. The number of para-hydroxylation sites is 1. The topological polar surface area (TPSA) is 49.4 Å². The van der Waals surface area contributed by atoms with Gasteiger partial charge in [0.25, 0.3) is 0 Å². The van der Waals surface area contributed by atoms with Crippen LogP contribution in [-0.2, 0) is 16.0 Å². The number of thioether (sulfide) groups is 1. The molecule has 0 spiro atoms. The van der Waals surface area contributed by atoms with Gasteiger partial charge in [-0.05, 0) is 37.0 Å². The van der Waals surface area contributed by atoms with E-state index in [4.69, 9.17) is 0 Å². The molecule has 2 unspecified atom stereocenters. The van der Waals surface area contributed by atoms with Gasteiger partial charge in [0.2, 0.25) is 11.8 Å². The molecule has 0 aromatic heterocycles. The Morgan fingerprint density at radius 1 is 1.19 bits per heavy atom. The SMILES string of the molecule is CC12CCC(=O)N1C(C(=O)Nc1ccccc1Cc1ccccc1)CS2. The van der Waals surface area contributed by atoms with Crippen LogP contribution in [0.5, 0.6) is 0 Å². The first-order chi connectivity index (χ1) is 12.6. The maximum absolute atomic E-state index is 12.9. The first-order valence-electron chi connectivity index (χ1n) is 8.96. The van der Waals surface area contributed by atoms with Crippen molar-refractivity contribution < 1.29 is 9.59 Å². The van der Waals surface area contributed by atoms with Gasteiger partial charge in [0.05, 0.1) is 4.87 Å². The highest BCUT2D eigenvalue weighted by molar-refractivity contribution is 8.01. The van der Waals surface area contributed by atoms with Gasteiger partial charge in [-0.25, -0.2) is 0 Å². The zero-order valence-corrected chi connectivity index (χ0v) is 15.6. The van der Waals surface area contributed by atoms with Crippen LogP contribution < -0.4 is 5.32 Å². The average molecular weight is 366 g/mol. The Labute approximate surface area is 158 Å². The van der Waals surface area contributed by atoms with E-state index >= 15 is 0 Å². The fourth-order valence-electron chi connectivity index (χ4n) is 3.84. The van der Waals surface area contributed by atoms with Crippen molar-refractivity contribution in [2.24, 2.45) is 0 Å². The van der Waals surface area contributed by atoms with Crippen LogP contribution in [0.1, 0.15) is 30.9 Å². The van der Waals surface area contributed by atoms with Crippen LogP contribution in [0.15, 0.2) is 54.6 Å². The number of nitrogens with one attached hydrogen (secondary N) is 1. The van der Waals surface area contributed by atoms with Crippen LogP contribution in [0.25, 0.3) is 0 Å². The third-order valence-electron chi connectivity index (χ3n) is 5.26. The molecule has 2 aliphatic rings. The smallest absolute Gasteiger partial charge is 0.248 e. The fraction of sp³-hybridized carbons (Fsp3) is 0.333. The summed E-state index contributed by atoms with van der Waals surface area (Å²) in [5.74, 6) is 0.668. The second kappa shape index (κ2) is 6.80. The van der Waals surface area contributed by atoms with Crippen LogP contribution in [0.2, 0.25) is 0 Å². The summed E-state index contributed by atoms with van der Waals surface area (Å²) in [6.45, 7) is 2.07. The van der Waals surface area contributed by atoms with Gasteiger partial charge in [-0.1, -0.05) is 48.5 Å². The lowest BCUT2D eigenvalue weighted by Crippen LogP contribution is -2.48. The van der Waals surface area contributed by atoms with Crippen molar-refractivity contribution >= 4 is 29.3 Å². The number of rotatable bonds is 4. The maximum Gasteiger partial charge on any atom is 0.248 e. The molecule has 0 aliphatic carbocycles. The second-order valence-electron chi connectivity index (χ2n) is 7.07. The molecule has 0 saturated carbocycles. The minimum Gasteiger partial charge on any atom is -0.324 e. The van der Waals surface area contributed by atoms with Gasteiger partial charge in [-0.3, -0.25) is 9.59 Å². The zero-order valence-electron chi connectivity index (χ0n) is 14.8. The normalized spacial score (nSPS) is 24.6. The number of carbonyl (C=O) groups excluding carboxylic acids is 2. The number of anilines is 1. The Morgan fingerprint density at radius 2 is 1.92 bits per heavy atom. The van der Waals surface area contributed by atoms with Crippen LogP contribution >= 0.6 is 11.8 Å². The minimum atomic E-state index is -0.384. The highest BCUT2D eigenvalue weighted by Gasteiger charge is 2.52. The average Bonchev–Trinajstić information content (AvgIpc) is 3.14. The first-order valence-corrected chi connectivity index (χ1v) is 9.94. The molecule has 2 heterocycles. The van der Waals surface area contributed by atoms with Gasteiger partial charge in [-0.2, -0.15) is 0 Å². The summed E-state index contributed by atoms with van der Waals surface area (Å²) < 4.78 is 0. The lowest BCUT2D eigenvalue weighted by molar-refractivity contribution is -0.135. The first kappa shape index (κ1) is 17.2. The van der Waals surface area contributed by atoms with Crippen molar-refractivity contribution in [2.45, 2.75) is 37.1 Å². The molecule has 0 radical (unpaired) electrons. The van der Waals surface area contributed by atoms with Crippen molar-refractivity contribution in [2.75, 3.05) is 11.1 Å². The minimum absolute atomic E-state index is 0.0861. The standard InChI is InChI=1S/C21H22N2O2S/c1-21-12-11-19(24)23(21)18(14-26-21)20(25)22-17-10-6-5-9-16(17)13-15-7-3-2-4-8-15/h2-10,18H,11-14H2,1H3,(H,22,25). The Kier molecular flexibility index (Phi) is 4.49. The summed E-state index contributed by atoms with van der Waals surface area (Å²) in [7, 11) is 0. The summed E-state index contributed by atoms with van der Waals surface area (Å²) in [5, 5.41) is 3.08. The van der Waals surface area contributed by atoms with E-state index < -0.39 is 0 Å². The van der Waals surface area contributed by atoms with Crippen LogP contribution in [0.4, 0.5) is 5.69 Å². The molecule has 4 rings (SSSR count). The molecule has 2 aliphatic heterocycles. The van der Waals surface area contributed by atoms with E-state index in [1.165, 1.54) is 5.56 Å². The molecular formula is C21H22N2O2S. The Morgan fingerprint density at radius 3 is 2.73 bits per heavy atom. The van der Waals surface area contributed by atoms with Gasteiger partial charge < -0.3 is 10.2 Å². The summed E-state index contributed by atoms with van der Waals surface area (Å²) in [5.41, 5.74) is 3.10. The number of fused-ring (bicyclic) bond motifs is 1. The Balaban J connectivity index is 1.53. The van der Waals surface area contributed by atoms with Crippen molar-refractivity contribution in [3.05, 3.63) is 65.7 Å². The quantitative estimate of drug-likeness (QED) is 0.898. The van der Waals surface area contributed by atoms with E-state index in [1.54, 1.807) is 16.7 Å².